The molecule has 1 aliphatic heterocycles. The van der Waals surface area contributed by atoms with Gasteiger partial charge in [0.25, 0.3) is 0 Å². The molecule has 0 spiro atoms. The fourth-order valence-corrected chi connectivity index (χ4v) is 2.58. The van der Waals surface area contributed by atoms with Crippen LogP contribution in [0.5, 0.6) is 0 Å². The quantitative estimate of drug-likeness (QED) is 0.768. The van der Waals surface area contributed by atoms with E-state index in [9.17, 15) is 23.1 Å². The number of hydrogen-bond acceptors (Lipinski definition) is 3. The number of rotatable bonds is 5. The Balaban J connectivity index is 1.84. The zero-order valence-electron chi connectivity index (χ0n) is 13.3. The summed E-state index contributed by atoms with van der Waals surface area (Å²) >= 11 is 0. The molecule has 3 atom stereocenters. The minimum Gasteiger partial charge on any atom is -0.387 e. The predicted octanol–water partition coefficient (Wildman–Crippen LogP) is 2.61. The van der Waals surface area contributed by atoms with Crippen LogP contribution in [0, 0.1) is 0 Å². The summed E-state index contributed by atoms with van der Waals surface area (Å²) < 4.78 is 43.4. The minimum absolute atomic E-state index is 0.0378. The molecule has 1 aromatic carbocycles. The third-order valence-electron chi connectivity index (χ3n) is 3.94. The summed E-state index contributed by atoms with van der Waals surface area (Å²) in [6.45, 7) is 2.30. The first kappa shape index (κ1) is 18.5. The maximum absolute atomic E-state index is 12.7. The van der Waals surface area contributed by atoms with Crippen LogP contribution in [0.4, 0.5) is 18.0 Å². The van der Waals surface area contributed by atoms with Gasteiger partial charge in [-0.3, -0.25) is 0 Å². The normalized spacial score (nSPS) is 20.5. The maximum Gasteiger partial charge on any atom is 0.416 e. The van der Waals surface area contributed by atoms with Crippen molar-refractivity contribution in [3.05, 3.63) is 35.4 Å². The van der Waals surface area contributed by atoms with Gasteiger partial charge in [-0.15, -0.1) is 0 Å². The molecule has 1 heterocycles. The fourth-order valence-electron chi connectivity index (χ4n) is 2.58. The second kappa shape index (κ2) is 7.85. The van der Waals surface area contributed by atoms with Gasteiger partial charge >= 0.3 is 12.2 Å². The third kappa shape index (κ3) is 5.10. The van der Waals surface area contributed by atoms with Crippen LogP contribution >= 0.6 is 0 Å². The molecule has 1 fully saturated rings. The topological polar surface area (TPSA) is 70.6 Å². The number of carbonyl (C=O) groups excluding carboxylic acids is 1. The first-order valence-corrected chi connectivity index (χ1v) is 7.78. The Labute approximate surface area is 138 Å². The van der Waals surface area contributed by atoms with E-state index in [1.807, 2.05) is 6.92 Å². The molecule has 0 saturated carbocycles. The standard InChI is InChI=1S/C16H21F3N2O3/c1-10(14-6-3-7-24-14)21-15(23)20-9-13(22)11-4-2-5-12(8-11)16(17,18)19/h2,4-5,8,10,13-14,22H,3,6-7,9H2,1H3,(H2,20,21,23). The molecule has 8 heteroatoms. The largest absolute Gasteiger partial charge is 0.416 e. The number of amides is 2. The van der Waals surface area contributed by atoms with Crippen molar-refractivity contribution >= 4 is 6.03 Å². The van der Waals surface area contributed by atoms with Crippen LogP contribution in [0.3, 0.4) is 0 Å². The molecule has 0 radical (unpaired) electrons. The van der Waals surface area contributed by atoms with E-state index >= 15 is 0 Å². The van der Waals surface area contributed by atoms with Crippen molar-refractivity contribution in [2.24, 2.45) is 0 Å². The molecule has 134 valence electrons. The van der Waals surface area contributed by atoms with Gasteiger partial charge in [0.15, 0.2) is 0 Å². The van der Waals surface area contributed by atoms with Crippen molar-refractivity contribution in [1.82, 2.24) is 10.6 Å². The van der Waals surface area contributed by atoms with E-state index in [0.29, 0.717) is 6.61 Å². The number of benzene rings is 1. The molecular formula is C16H21F3N2O3. The summed E-state index contributed by atoms with van der Waals surface area (Å²) in [4.78, 5) is 11.8. The van der Waals surface area contributed by atoms with Crippen LogP contribution in [-0.2, 0) is 10.9 Å². The summed E-state index contributed by atoms with van der Waals surface area (Å²) in [5.74, 6) is 0. The zero-order valence-corrected chi connectivity index (χ0v) is 13.3. The molecule has 3 unspecified atom stereocenters. The van der Waals surface area contributed by atoms with Crippen LogP contribution in [0.2, 0.25) is 0 Å². The van der Waals surface area contributed by atoms with E-state index in [1.54, 1.807) is 0 Å². The molecule has 0 aliphatic carbocycles. The molecular weight excluding hydrogens is 325 g/mol. The van der Waals surface area contributed by atoms with Gasteiger partial charge in [-0.25, -0.2) is 4.79 Å². The Kier molecular flexibility index (Phi) is 6.06. The molecule has 0 aromatic heterocycles. The predicted molar refractivity (Wildman–Crippen MR) is 81.4 cm³/mol. The SMILES string of the molecule is CC(NC(=O)NCC(O)c1cccc(C(F)(F)F)c1)C1CCCO1. The van der Waals surface area contributed by atoms with Crippen LogP contribution in [0.25, 0.3) is 0 Å². The molecule has 3 N–H and O–H groups in total. The fraction of sp³-hybridized carbons (Fsp3) is 0.562. The van der Waals surface area contributed by atoms with Gasteiger partial charge < -0.3 is 20.5 Å². The lowest BCUT2D eigenvalue weighted by Gasteiger charge is -2.21. The summed E-state index contributed by atoms with van der Waals surface area (Å²) in [5.41, 5.74) is -0.743. The monoisotopic (exact) mass is 346 g/mol. The van der Waals surface area contributed by atoms with E-state index in [4.69, 9.17) is 4.74 Å². The highest BCUT2D eigenvalue weighted by Crippen LogP contribution is 2.30. The molecule has 2 rings (SSSR count). The molecule has 1 aliphatic rings. The Morgan fingerprint density at radius 3 is 2.83 bits per heavy atom. The maximum atomic E-state index is 12.7. The van der Waals surface area contributed by atoms with E-state index in [-0.39, 0.29) is 24.3 Å². The number of halogens is 3. The average molecular weight is 346 g/mol. The highest BCUT2D eigenvalue weighted by molar-refractivity contribution is 5.74. The van der Waals surface area contributed by atoms with E-state index in [0.717, 1.165) is 25.0 Å². The lowest BCUT2D eigenvalue weighted by atomic mass is 10.1. The molecule has 2 amide bonds. The average Bonchev–Trinajstić information content (AvgIpc) is 3.06. The number of aliphatic hydroxyl groups excluding tert-OH is 1. The number of carbonyl (C=O) groups is 1. The van der Waals surface area contributed by atoms with Crippen LogP contribution in [0.15, 0.2) is 24.3 Å². The molecule has 24 heavy (non-hydrogen) atoms. The number of alkyl halides is 3. The zero-order chi connectivity index (χ0) is 17.7. The molecule has 0 bridgehead atoms. The Morgan fingerprint density at radius 2 is 2.21 bits per heavy atom. The lowest BCUT2D eigenvalue weighted by Crippen LogP contribution is -2.46. The van der Waals surface area contributed by atoms with Crippen LogP contribution in [0.1, 0.15) is 37.0 Å². The molecule has 1 aromatic rings. The Morgan fingerprint density at radius 1 is 1.46 bits per heavy atom. The van der Waals surface area contributed by atoms with Crippen LogP contribution in [-0.4, -0.2) is 36.4 Å². The second-order valence-electron chi connectivity index (χ2n) is 5.83. The van der Waals surface area contributed by atoms with E-state index < -0.39 is 23.9 Å². The van der Waals surface area contributed by atoms with Gasteiger partial charge in [0.05, 0.1) is 23.8 Å². The number of nitrogens with one attached hydrogen (secondary N) is 2. The van der Waals surface area contributed by atoms with Gasteiger partial charge in [-0.2, -0.15) is 13.2 Å². The summed E-state index contributed by atoms with van der Waals surface area (Å²) in [6, 6.07) is 3.73. The van der Waals surface area contributed by atoms with Crippen LogP contribution < -0.4 is 10.6 Å². The number of ether oxygens (including phenoxy) is 1. The number of urea groups is 1. The molecule has 5 nitrogen and oxygen atoms in total. The lowest BCUT2D eigenvalue weighted by molar-refractivity contribution is -0.137. The van der Waals surface area contributed by atoms with Gasteiger partial charge in [0.2, 0.25) is 0 Å². The second-order valence-corrected chi connectivity index (χ2v) is 5.83. The number of aliphatic hydroxyl groups is 1. The summed E-state index contributed by atoms with van der Waals surface area (Å²) in [6.07, 6.45) is -3.92. The number of hydrogen-bond donors (Lipinski definition) is 3. The van der Waals surface area contributed by atoms with Gasteiger partial charge in [-0.05, 0) is 37.5 Å². The third-order valence-corrected chi connectivity index (χ3v) is 3.94. The highest BCUT2D eigenvalue weighted by atomic mass is 19.4. The summed E-state index contributed by atoms with van der Waals surface area (Å²) in [7, 11) is 0. The van der Waals surface area contributed by atoms with Crippen molar-refractivity contribution in [3.63, 3.8) is 0 Å². The summed E-state index contributed by atoms with van der Waals surface area (Å²) in [5, 5.41) is 15.1. The van der Waals surface area contributed by atoms with E-state index in [2.05, 4.69) is 10.6 Å². The Hall–Kier alpha value is -1.80. The van der Waals surface area contributed by atoms with Crippen molar-refractivity contribution in [3.8, 4) is 0 Å². The van der Waals surface area contributed by atoms with Gasteiger partial charge in [-0.1, -0.05) is 12.1 Å². The Bertz CT molecular complexity index is 560. The van der Waals surface area contributed by atoms with Gasteiger partial charge in [0, 0.05) is 13.2 Å². The van der Waals surface area contributed by atoms with Crippen molar-refractivity contribution in [2.75, 3.05) is 13.2 Å². The van der Waals surface area contributed by atoms with Gasteiger partial charge in [0.1, 0.15) is 0 Å². The van der Waals surface area contributed by atoms with Crippen molar-refractivity contribution in [1.29, 1.82) is 0 Å². The van der Waals surface area contributed by atoms with Crippen molar-refractivity contribution < 1.29 is 27.8 Å². The van der Waals surface area contributed by atoms with E-state index in [1.165, 1.54) is 12.1 Å². The molecule has 1 saturated heterocycles. The highest BCUT2D eigenvalue weighted by Gasteiger charge is 2.31. The first-order chi connectivity index (χ1) is 11.3. The first-order valence-electron chi connectivity index (χ1n) is 7.78. The van der Waals surface area contributed by atoms with Crippen molar-refractivity contribution in [2.45, 2.75) is 44.2 Å². The minimum atomic E-state index is -4.47. The smallest absolute Gasteiger partial charge is 0.387 e.